The molecule has 2 aromatic rings. The van der Waals surface area contributed by atoms with Gasteiger partial charge in [0, 0.05) is 22.3 Å². The molecule has 3 nitrogen and oxygen atoms in total. The molecule has 0 saturated carbocycles. The molecule has 0 amide bonds. The number of benzene rings is 2. The van der Waals surface area contributed by atoms with Crippen molar-refractivity contribution in [3.63, 3.8) is 0 Å². The maximum Gasteiger partial charge on any atom is 0.221 e. The molecule has 3 rings (SSSR count). The molecule has 1 aliphatic rings. The average molecular weight is 305 g/mol. The molecule has 18 heavy (non-hydrogen) atoms. The molecule has 0 fully saturated rings. The molecule has 0 aliphatic carbocycles. The zero-order valence-corrected chi connectivity index (χ0v) is 11.2. The summed E-state index contributed by atoms with van der Waals surface area (Å²) in [7, 11) is 0. The molecule has 1 heterocycles. The van der Waals surface area contributed by atoms with Crippen LogP contribution in [0.15, 0.2) is 53.0 Å². The lowest BCUT2D eigenvalue weighted by molar-refractivity contribution is 0.0235. The largest absolute Gasteiger partial charge is 0.355 e. The topological polar surface area (TPSA) is 44.3 Å². The Bertz CT molecular complexity index is 573. The van der Waals surface area contributed by atoms with Gasteiger partial charge in [0.25, 0.3) is 0 Å². The van der Waals surface area contributed by atoms with Crippen molar-refractivity contribution in [2.75, 3.05) is 5.32 Å². The van der Waals surface area contributed by atoms with E-state index in [1.165, 1.54) is 0 Å². The summed E-state index contributed by atoms with van der Waals surface area (Å²) in [6.07, 6.45) is 0. The highest BCUT2D eigenvalue weighted by molar-refractivity contribution is 9.10. The monoisotopic (exact) mass is 304 g/mol. The number of hydrogen-bond donors (Lipinski definition) is 3. The Morgan fingerprint density at radius 2 is 1.89 bits per heavy atom. The van der Waals surface area contributed by atoms with E-state index >= 15 is 0 Å². The fourth-order valence-corrected chi connectivity index (χ4v) is 2.55. The van der Waals surface area contributed by atoms with Crippen LogP contribution in [0, 0.1) is 0 Å². The van der Waals surface area contributed by atoms with Gasteiger partial charge in [-0.15, -0.1) is 0 Å². The first-order chi connectivity index (χ1) is 8.67. The van der Waals surface area contributed by atoms with Gasteiger partial charge in [-0.1, -0.05) is 46.3 Å². The normalized spacial score (nSPS) is 22.1. The Balaban J connectivity index is 1.97. The molecule has 0 saturated heterocycles. The summed E-state index contributed by atoms with van der Waals surface area (Å²) in [5.41, 5.74) is 2.88. The molecule has 92 valence electrons. The number of aliphatic hydroxyl groups is 1. The van der Waals surface area contributed by atoms with Crippen LogP contribution in [0.4, 0.5) is 5.69 Å². The number of fused-ring (bicyclic) bond motifs is 1. The Hall–Kier alpha value is -1.36. The van der Waals surface area contributed by atoms with E-state index in [0.29, 0.717) is 6.54 Å². The second kappa shape index (κ2) is 4.39. The van der Waals surface area contributed by atoms with Crippen LogP contribution in [-0.2, 0) is 12.4 Å². The third kappa shape index (κ3) is 2.03. The first-order valence-corrected chi connectivity index (χ1v) is 6.56. The highest BCUT2D eigenvalue weighted by Crippen LogP contribution is 2.30. The minimum atomic E-state index is -1.21. The zero-order valence-electron chi connectivity index (χ0n) is 9.65. The second-order valence-corrected chi connectivity index (χ2v) is 5.27. The van der Waals surface area contributed by atoms with Crippen LogP contribution in [0.2, 0.25) is 0 Å². The van der Waals surface area contributed by atoms with Gasteiger partial charge >= 0.3 is 0 Å². The van der Waals surface area contributed by atoms with Gasteiger partial charge in [-0.05, 0) is 23.8 Å². The van der Waals surface area contributed by atoms with Crippen molar-refractivity contribution < 1.29 is 5.11 Å². The van der Waals surface area contributed by atoms with E-state index in [4.69, 9.17) is 0 Å². The van der Waals surface area contributed by atoms with Crippen molar-refractivity contribution in [3.05, 3.63) is 64.1 Å². The van der Waals surface area contributed by atoms with Crippen LogP contribution in [0.3, 0.4) is 0 Å². The van der Waals surface area contributed by atoms with E-state index in [0.717, 1.165) is 21.3 Å². The van der Waals surface area contributed by atoms with Crippen molar-refractivity contribution >= 4 is 21.6 Å². The van der Waals surface area contributed by atoms with E-state index in [1.807, 2.05) is 48.5 Å². The first-order valence-electron chi connectivity index (χ1n) is 5.77. The van der Waals surface area contributed by atoms with Gasteiger partial charge in [0.05, 0.1) is 0 Å². The Morgan fingerprint density at radius 1 is 1.11 bits per heavy atom. The predicted molar refractivity (Wildman–Crippen MR) is 74.9 cm³/mol. The third-order valence-electron chi connectivity index (χ3n) is 3.11. The van der Waals surface area contributed by atoms with Gasteiger partial charge in [0.1, 0.15) is 0 Å². The summed E-state index contributed by atoms with van der Waals surface area (Å²) in [6, 6.07) is 15.5. The Morgan fingerprint density at radius 3 is 2.67 bits per heavy atom. The van der Waals surface area contributed by atoms with E-state index in [2.05, 4.69) is 26.6 Å². The number of anilines is 1. The molecular weight excluding hydrogens is 292 g/mol. The van der Waals surface area contributed by atoms with Crippen molar-refractivity contribution in [1.29, 1.82) is 0 Å². The molecule has 0 spiro atoms. The highest BCUT2D eigenvalue weighted by atomic mass is 79.9. The van der Waals surface area contributed by atoms with E-state index in [1.54, 1.807) is 0 Å². The summed E-state index contributed by atoms with van der Waals surface area (Å²) in [6.45, 7) is 0.618. The van der Waals surface area contributed by atoms with E-state index in [9.17, 15) is 5.11 Å². The van der Waals surface area contributed by atoms with Crippen LogP contribution in [-0.4, -0.2) is 5.11 Å². The van der Waals surface area contributed by atoms with Crippen molar-refractivity contribution in [2.45, 2.75) is 12.4 Å². The predicted octanol–water partition coefficient (Wildman–Crippen LogP) is 2.77. The van der Waals surface area contributed by atoms with Gasteiger partial charge < -0.3 is 10.4 Å². The van der Waals surface area contributed by atoms with Gasteiger partial charge in [0.15, 0.2) is 0 Å². The second-order valence-electron chi connectivity index (χ2n) is 4.36. The maximum atomic E-state index is 10.6. The summed E-state index contributed by atoms with van der Waals surface area (Å²) in [5.74, 6) is -1.21. The van der Waals surface area contributed by atoms with E-state index in [-0.39, 0.29) is 0 Å². The maximum absolute atomic E-state index is 10.6. The molecule has 0 bridgehead atoms. The fourth-order valence-electron chi connectivity index (χ4n) is 2.15. The minimum absolute atomic E-state index is 0.618. The molecule has 3 N–H and O–H groups in total. The molecule has 4 heteroatoms. The summed E-state index contributed by atoms with van der Waals surface area (Å²) in [5, 5.41) is 16.9. The molecule has 0 unspecified atom stereocenters. The quantitative estimate of drug-likeness (QED) is 0.759. The van der Waals surface area contributed by atoms with Gasteiger partial charge in [-0.25, -0.2) is 0 Å². The lowest BCUT2D eigenvalue weighted by atomic mass is 10.0. The number of nitrogens with one attached hydrogen (secondary N) is 2. The third-order valence-corrected chi connectivity index (χ3v) is 3.60. The van der Waals surface area contributed by atoms with Crippen LogP contribution in [0.25, 0.3) is 0 Å². The van der Waals surface area contributed by atoms with Gasteiger partial charge in [0.2, 0.25) is 5.85 Å². The van der Waals surface area contributed by atoms with Crippen LogP contribution in [0.1, 0.15) is 11.1 Å². The molecule has 2 aromatic carbocycles. The fraction of sp³-hybridized carbons (Fsp3) is 0.143. The summed E-state index contributed by atoms with van der Waals surface area (Å²) < 4.78 is 1.04. The Kier molecular flexibility index (Phi) is 2.86. The molecule has 1 atom stereocenters. The zero-order chi connectivity index (χ0) is 12.6. The summed E-state index contributed by atoms with van der Waals surface area (Å²) in [4.78, 5) is 0. The number of rotatable bonds is 1. The Labute approximate surface area is 114 Å². The first kappa shape index (κ1) is 11.7. The minimum Gasteiger partial charge on any atom is -0.355 e. The number of hydrogen-bond acceptors (Lipinski definition) is 3. The van der Waals surface area contributed by atoms with Crippen molar-refractivity contribution in [2.24, 2.45) is 0 Å². The van der Waals surface area contributed by atoms with Gasteiger partial charge in [-0.2, -0.15) is 0 Å². The average Bonchev–Trinajstić information content (AvgIpc) is 2.40. The van der Waals surface area contributed by atoms with Crippen molar-refractivity contribution in [3.8, 4) is 0 Å². The highest BCUT2D eigenvalue weighted by Gasteiger charge is 2.32. The lowest BCUT2D eigenvalue weighted by Gasteiger charge is -2.36. The standard InChI is InChI=1S/C14H13BrN2O/c15-12-6-7-13-10(8-12)9-16-14(18,17-13)11-4-2-1-3-5-11/h1-8,16-18H,9H2/t14-/m0/s1. The molecular formula is C14H13BrN2O. The van der Waals surface area contributed by atoms with E-state index < -0.39 is 5.85 Å². The molecule has 1 aliphatic heterocycles. The molecule has 0 radical (unpaired) electrons. The smallest absolute Gasteiger partial charge is 0.221 e. The summed E-state index contributed by atoms with van der Waals surface area (Å²) >= 11 is 3.45. The van der Waals surface area contributed by atoms with Gasteiger partial charge in [-0.3, -0.25) is 5.32 Å². The number of halogens is 1. The molecule has 0 aromatic heterocycles. The SMILES string of the molecule is O[C@@]1(c2ccccc2)NCc2cc(Br)ccc2N1. The van der Waals surface area contributed by atoms with Crippen molar-refractivity contribution in [1.82, 2.24) is 5.32 Å². The van der Waals surface area contributed by atoms with Crippen LogP contribution < -0.4 is 10.6 Å². The lowest BCUT2D eigenvalue weighted by Crippen LogP contribution is -2.51. The van der Waals surface area contributed by atoms with Crippen LogP contribution in [0.5, 0.6) is 0 Å². The van der Waals surface area contributed by atoms with Crippen LogP contribution >= 0.6 is 15.9 Å².